The Labute approximate surface area is 280 Å². The van der Waals surface area contributed by atoms with E-state index in [2.05, 4.69) is 30.7 Å². The molecule has 0 unspecified atom stereocenters. The molecule has 0 fully saturated rings. The van der Waals surface area contributed by atoms with Crippen LogP contribution in [0.2, 0.25) is 10.2 Å². The summed E-state index contributed by atoms with van der Waals surface area (Å²) in [5.41, 5.74) is 3.73. The van der Waals surface area contributed by atoms with Crippen molar-refractivity contribution in [3.63, 3.8) is 0 Å². The van der Waals surface area contributed by atoms with E-state index in [0.29, 0.717) is 52.7 Å². The average molecular weight is 704 g/mol. The van der Waals surface area contributed by atoms with Gasteiger partial charge in [0.2, 0.25) is 5.91 Å². The molecule has 18 heteroatoms. The number of carboxylic acids is 1. The zero-order chi connectivity index (χ0) is 34.7. The van der Waals surface area contributed by atoms with Crippen molar-refractivity contribution in [3.05, 3.63) is 87.5 Å². The molecule has 0 saturated heterocycles. The van der Waals surface area contributed by atoms with E-state index >= 15 is 0 Å². The van der Waals surface area contributed by atoms with E-state index in [4.69, 9.17) is 33.1 Å². The second-order valence-corrected chi connectivity index (χ2v) is 11.6. The Morgan fingerprint density at radius 1 is 1.06 bits per heavy atom. The maximum Gasteiger partial charge on any atom is 0.490 e. The molecule has 1 aliphatic rings. The van der Waals surface area contributed by atoms with Crippen LogP contribution in [-0.4, -0.2) is 62.5 Å². The quantitative estimate of drug-likeness (QED) is 0.244. The highest BCUT2D eigenvalue weighted by molar-refractivity contribution is 6.31. The van der Waals surface area contributed by atoms with Crippen LogP contribution >= 0.6 is 23.2 Å². The van der Waals surface area contributed by atoms with Gasteiger partial charge in [0.25, 0.3) is 5.56 Å². The summed E-state index contributed by atoms with van der Waals surface area (Å²) < 4.78 is 36.5. The van der Waals surface area contributed by atoms with Crippen LogP contribution in [0.5, 0.6) is 0 Å². The van der Waals surface area contributed by atoms with Crippen LogP contribution in [0.4, 0.5) is 19.0 Å². The fourth-order valence-corrected chi connectivity index (χ4v) is 5.38. The number of carboxylic acid groups (broad SMARTS) is 1. The number of carbonyl (C=O) groups is 2. The lowest BCUT2D eigenvalue weighted by Crippen LogP contribution is -2.27. The van der Waals surface area contributed by atoms with Gasteiger partial charge in [-0.2, -0.15) is 18.3 Å². The Kier molecular flexibility index (Phi) is 9.95. The van der Waals surface area contributed by atoms with Crippen LogP contribution in [0.3, 0.4) is 0 Å². The van der Waals surface area contributed by atoms with Gasteiger partial charge in [0, 0.05) is 41.4 Å². The van der Waals surface area contributed by atoms with Gasteiger partial charge in [0.1, 0.15) is 5.82 Å². The summed E-state index contributed by atoms with van der Waals surface area (Å²) in [7, 11) is 1.79. The van der Waals surface area contributed by atoms with E-state index in [-0.39, 0.29) is 22.5 Å². The molecule has 5 aromatic rings. The lowest BCUT2D eigenvalue weighted by Gasteiger charge is -2.22. The molecule has 6 rings (SSSR count). The first kappa shape index (κ1) is 34.3. The number of benzene rings is 1. The van der Waals surface area contributed by atoms with E-state index in [1.165, 1.54) is 17.1 Å². The van der Waals surface area contributed by atoms with E-state index in [1.54, 1.807) is 53.1 Å². The molecular formula is C30H26Cl2F3N9O4. The van der Waals surface area contributed by atoms with Gasteiger partial charge in [0.05, 0.1) is 41.8 Å². The summed E-state index contributed by atoms with van der Waals surface area (Å²) in [4.78, 5) is 44.8. The molecule has 2 N–H and O–H groups in total. The first-order valence-electron chi connectivity index (χ1n) is 14.3. The topological polar surface area (TPSA) is 163 Å². The van der Waals surface area contributed by atoms with Gasteiger partial charge in [0.15, 0.2) is 5.15 Å². The second-order valence-electron chi connectivity index (χ2n) is 10.8. The third-order valence-electron chi connectivity index (χ3n) is 7.54. The highest BCUT2D eigenvalue weighted by Gasteiger charge is 2.38. The minimum atomic E-state index is -5.08. The van der Waals surface area contributed by atoms with Gasteiger partial charge < -0.3 is 10.4 Å². The van der Waals surface area contributed by atoms with Crippen LogP contribution < -0.4 is 10.9 Å². The number of hydrogen-bond donors (Lipinski definition) is 2. The summed E-state index contributed by atoms with van der Waals surface area (Å²) in [5, 5.41) is 23.1. The van der Waals surface area contributed by atoms with Crippen molar-refractivity contribution >= 4 is 40.9 Å². The highest BCUT2D eigenvalue weighted by atomic mass is 35.5. The lowest BCUT2D eigenvalue weighted by atomic mass is 9.96. The molecule has 4 aromatic heterocycles. The number of amides is 1. The number of halogens is 5. The number of nitrogens with zero attached hydrogens (tertiary/aromatic N) is 8. The maximum atomic E-state index is 13.7. The lowest BCUT2D eigenvalue weighted by molar-refractivity contribution is -0.192. The molecule has 0 saturated carbocycles. The molecule has 48 heavy (non-hydrogen) atoms. The summed E-state index contributed by atoms with van der Waals surface area (Å²) in [6.07, 6.45) is 3.37. The predicted molar refractivity (Wildman–Crippen MR) is 169 cm³/mol. The molecule has 250 valence electrons. The number of nitrogens with one attached hydrogen (secondary N) is 1. The molecule has 0 spiro atoms. The number of rotatable bonds is 3. The van der Waals surface area contributed by atoms with Crippen molar-refractivity contribution in [2.24, 2.45) is 13.0 Å². The molecule has 2 atom stereocenters. The van der Waals surface area contributed by atoms with Crippen molar-refractivity contribution in [2.45, 2.75) is 38.4 Å². The Hall–Kier alpha value is -5.09. The molecule has 5 heterocycles. The number of alkyl halides is 3. The van der Waals surface area contributed by atoms with Crippen LogP contribution in [0, 0.1) is 5.92 Å². The summed E-state index contributed by atoms with van der Waals surface area (Å²) in [6, 6.07) is 10.1. The summed E-state index contributed by atoms with van der Waals surface area (Å²) in [5.74, 6) is -2.44. The number of anilines is 1. The van der Waals surface area contributed by atoms with E-state index in [9.17, 15) is 22.8 Å². The van der Waals surface area contributed by atoms with Crippen molar-refractivity contribution in [2.75, 3.05) is 5.32 Å². The van der Waals surface area contributed by atoms with Gasteiger partial charge in [-0.3, -0.25) is 23.8 Å². The number of aliphatic carboxylic acids is 1. The molecule has 13 nitrogen and oxygen atoms in total. The zero-order valence-electron chi connectivity index (χ0n) is 25.2. The molecule has 1 amide bonds. The number of aryl methyl sites for hydroxylation is 1. The van der Waals surface area contributed by atoms with E-state index < -0.39 is 18.2 Å². The number of hydrogen-bond acceptors (Lipinski definition) is 8. The third-order valence-corrected chi connectivity index (χ3v) is 7.95. The van der Waals surface area contributed by atoms with Gasteiger partial charge in [-0.25, -0.2) is 14.5 Å². The highest BCUT2D eigenvalue weighted by Crippen LogP contribution is 2.33. The van der Waals surface area contributed by atoms with Crippen molar-refractivity contribution in [1.82, 2.24) is 39.3 Å². The zero-order valence-corrected chi connectivity index (χ0v) is 26.7. The predicted octanol–water partition coefficient (Wildman–Crippen LogP) is 5.57. The molecular weight excluding hydrogens is 678 g/mol. The first-order valence-corrected chi connectivity index (χ1v) is 15.0. The third kappa shape index (κ3) is 7.55. The van der Waals surface area contributed by atoms with Crippen molar-refractivity contribution < 1.29 is 27.9 Å². The maximum absolute atomic E-state index is 13.7. The van der Waals surface area contributed by atoms with Crippen molar-refractivity contribution in [1.29, 1.82) is 0 Å². The molecule has 1 aliphatic heterocycles. The first-order chi connectivity index (χ1) is 22.7. The van der Waals surface area contributed by atoms with Crippen molar-refractivity contribution in [3.8, 4) is 28.1 Å². The minimum Gasteiger partial charge on any atom is -0.475 e. The number of pyridine rings is 1. The monoisotopic (exact) mass is 703 g/mol. The van der Waals surface area contributed by atoms with Gasteiger partial charge in [-0.1, -0.05) is 41.8 Å². The SMILES string of the molecule is C[C@@H]1CCC[C@H](n2cnc(-c3cc(Cl)ccc3-n3cc(Cl)nn3)cc2=O)c2cc(ccn2)-c2cnn(C)c2NC1=O.O=C(O)C(F)(F)F. The Morgan fingerprint density at radius 2 is 1.81 bits per heavy atom. The Balaban J connectivity index is 0.000000582. The van der Waals surface area contributed by atoms with Crippen LogP contribution in [0.15, 0.2) is 66.1 Å². The number of carbonyl (C=O) groups excluding carboxylic acids is 1. The van der Waals surface area contributed by atoms with Crippen LogP contribution in [0.25, 0.3) is 28.1 Å². The fourth-order valence-electron chi connectivity index (χ4n) is 5.08. The molecule has 0 aliphatic carbocycles. The molecule has 2 bridgehead atoms. The second kappa shape index (κ2) is 13.9. The van der Waals surface area contributed by atoms with Gasteiger partial charge in [-0.05, 0) is 48.7 Å². The van der Waals surface area contributed by atoms with E-state index in [0.717, 1.165) is 11.1 Å². The van der Waals surface area contributed by atoms with Gasteiger partial charge in [-0.15, -0.1) is 5.10 Å². The van der Waals surface area contributed by atoms with E-state index in [1.807, 2.05) is 19.1 Å². The fraction of sp³-hybridized carbons (Fsp3) is 0.267. The summed E-state index contributed by atoms with van der Waals surface area (Å²) >= 11 is 12.3. The minimum absolute atomic E-state index is 0.0737. The number of fused-ring (bicyclic) bond motifs is 4. The molecule has 1 aromatic carbocycles. The number of aromatic nitrogens is 8. The summed E-state index contributed by atoms with van der Waals surface area (Å²) in [6.45, 7) is 1.90. The Bertz CT molecular complexity index is 2040. The van der Waals surface area contributed by atoms with Crippen LogP contribution in [0.1, 0.15) is 37.9 Å². The normalized spacial score (nSPS) is 16.4. The Morgan fingerprint density at radius 3 is 2.48 bits per heavy atom. The smallest absolute Gasteiger partial charge is 0.475 e. The van der Waals surface area contributed by atoms with Crippen LogP contribution in [-0.2, 0) is 16.6 Å². The standard InChI is InChI=1S/C28H25Cl2N9O2.C2HF3O2/c1-16-4-3-5-24(22-10-17(8-9-31-22)20-13-33-37(2)27(20)34-28(16)41)38-15-32-21(12-26(38)40)19-11-18(29)6-7-23(19)39-14-25(30)35-36-39;3-2(4,5)1(6)7/h6-16,24H,3-5H2,1-2H3,(H,34,41);(H,6,7)/t16-,24+;/m1./s1. The average Bonchev–Trinajstić information content (AvgIpc) is 3.63. The largest absolute Gasteiger partial charge is 0.490 e. The molecule has 0 radical (unpaired) electrons. The van der Waals surface area contributed by atoms with Gasteiger partial charge >= 0.3 is 12.1 Å².